The monoisotopic (exact) mass is 433 g/mol. The molecule has 6 nitrogen and oxygen atoms in total. The van der Waals surface area contributed by atoms with Gasteiger partial charge in [-0.05, 0) is 31.0 Å². The number of ether oxygens (including phenoxy) is 1. The molecule has 3 heterocycles. The molecule has 154 valence electrons. The van der Waals surface area contributed by atoms with E-state index in [9.17, 15) is 13.2 Å². The first kappa shape index (κ1) is 20.1. The van der Waals surface area contributed by atoms with Crippen molar-refractivity contribution in [1.29, 1.82) is 0 Å². The summed E-state index contributed by atoms with van der Waals surface area (Å²) in [5.74, 6) is 2.21. The van der Waals surface area contributed by atoms with Gasteiger partial charge < -0.3 is 14.1 Å². The lowest BCUT2D eigenvalue weighted by molar-refractivity contribution is -0.133. The van der Waals surface area contributed by atoms with E-state index in [4.69, 9.17) is 9.15 Å². The summed E-state index contributed by atoms with van der Waals surface area (Å²) in [7, 11) is -3.14. The zero-order chi connectivity index (χ0) is 20.4. The normalized spacial score (nSPS) is 21.1. The zero-order valence-electron chi connectivity index (χ0n) is 16.2. The van der Waals surface area contributed by atoms with Crippen molar-refractivity contribution in [3.63, 3.8) is 0 Å². The molecular formula is C21H23NO5S2. The Balaban J connectivity index is 1.70. The maximum atomic E-state index is 13.6. The lowest BCUT2D eigenvalue weighted by Crippen LogP contribution is -2.42. The third-order valence-electron chi connectivity index (χ3n) is 5.04. The van der Waals surface area contributed by atoms with Crippen molar-refractivity contribution in [3.05, 3.63) is 65.3 Å². The SMILES string of the molecule is Cc1ccc(CN(C(=O)C2=C(c3ccccc3)SCCO2)[C@@H]2CCS(=O)(=O)C2)o1. The first-order chi connectivity index (χ1) is 13.9. The van der Waals surface area contributed by atoms with Crippen LogP contribution < -0.4 is 0 Å². The van der Waals surface area contributed by atoms with Crippen molar-refractivity contribution in [3.8, 4) is 0 Å². The molecule has 4 rings (SSSR count). The minimum atomic E-state index is -3.14. The molecular weight excluding hydrogens is 410 g/mol. The highest BCUT2D eigenvalue weighted by atomic mass is 32.2. The van der Waals surface area contributed by atoms with Crippen molar-refractivity contribution in [1.82, 2.24) is 4.90 Å². The van der Waals surface area contributed by atoms with E-state index in [1.54, 1.807) is 16.7 Å². The lowest BCUT2D eigenvalue weighted by atomic mass is 10.1. The molecule has 0 N–H and O–H groups in total. The number of carbonyl (C=O) groups excluding carboxylic acids is 1. The second kappa shape index (κ2) is 8.28. The smallest absolute Gasteiger partial charge is 0.290 e. The van der Waals surface area contributed by atoms with E-state index in [2.05, 4.69) is 0 Å². The molecule has 29 heavy (non-hydrogen) atoms. The Bertz CT molecular complexity index is 1030. The third kappa shape index (κ3) is 4.53. The van der Waals surface area contributed by atoms with Crippen molar-refractivity contribution < 1.29 is 22.4 Å². The number of carbonyl (C=O) groups is 1. The van der Waals surface area contributed by atoms with Crippen LogP contribution in [0.15, 0.2) is 52.6 Å². The van der Waals surface area contributed by atoms with Gasteiger partial charge in [-0.2, -0.15) is 0 Å². The summed E-state index contributed by atoms with van der Waals surface area (Å²) in [4.78, 5) is 16.0. The molecule has 1 aromatic carbocycles. The van der Waals surface area contributed by atoms with Crippen LogP contribution in [0.2, 0.25) is 0 Å². The van der Waals surface area contributed by atoms with Gasteiger partial charge in [-0.15, -0.1) is 11.8 Å². The van der Waals surface area contributed by atoms with Gasteiger partial charge in [0, 0.05) is 11.8 Å². The Hall–Kier alpha value is -2.19. The number of nitrogens with zero attached hydrogens (tertiary/aromatic N) is 1. The number of aryl methyl sites for hydroxylation is 1. The topological polar surface area (TPSA) is 76.8 Å². The average Bonchev–Trinajstić information content (AvgIpc) is 3.30. The first-order valence-electron chi connectivity index (χ1n) is 9.55. The van der Waals surface area contributed by atoms with Crippen LogP contribution >= 0.6 is 11.8 Å². The number of hydrogen-bond donors (Lipinski definition) is 0. The van der Waals surface area contributed by atoms with E-state index in [0.29, 0.717) is 24.5 Å². The third-order valence-corrected chi connectivity index (χ3v) is 7.88. The van der Waals surface area contributed by atoms with Crippen LogP contribution in [-0.2, 0) is 25.9 Å². The Labute approximate surface area is 174 Å². The van der Waals surface area contributed by atoms with Gasteiger partial charge in [-0.1, -0.05) is 30.3 Å². The van der Waals surface area contributed by atoms with E-state index in [-0.39, 0.29) is 24.0 Å². The molecule has 0 saturated carbocycles. The Morgan fingerprint density at radius 1 is 1.21 bits per heavy atom. The van der Waals surface area contributed by atoms with Gasteiger partial charge in [-0.25, -0.2) is 8.42 Å². The fraction of sp³-hybridized carbons (Fsp3) is 0.381. The van der Waals surface area contributed by atoms with Crippen molar-refractivity contribution >= 4 is 32.4 Å². The molecule has 0 aliphatic carbocycles. The van der Waals surface area contributed by atoms with E-state index < -0.39 is 15.9 Å². The molecule has 1 fully saturated rings. The van der Waals surface area contributed by atoms with E-state index in [1.165, 1.54) is 0 Å². The van der Waals surface area contributed by atoms with E-state index >= 15 is 0 Å². The number of sulfone groups is 1. The van der Waals surface area contributed by atoms with Crippen LogP contribution in [0.25, 0.3) is 4.91 Å². The molecule has 1 saturated heterocycles. The van der Waals surface area contributed by atoms with Gasteiger partial charge in [0.1, 0.15) is 11.5 Å². The van der Waals surface area contributed by atoms with Crippen LogP contribution in [-0.4, -0.2) is 49.1 Å². The summed E-state index contributed by atoms with van der Waals surface area (Å²) < 4.78 is 35.7. The number of hydrogen-bond acceptors (Lipinski definition) is 6. The zero-order valence-corrected chi connectivity index (χ0v) is 17.8. The highest BCUT2D eigenvalue weighted by Gasteiger charge is 2.38. The minimum Gasteiger partial charge on any atom is -0.486 e. The molecule has 8 heteroatoms. The minimum absolute atomic E-state index is 0.0283. The molecule has 0 unspecified atom stereocenters. The molecule has 2 aromatic rings. The van der Waals surface area contributed by atoms with Crippen LogP contribution in [0.5, 0.6) is 0 Å². The maximum absolute atomic E-state index is 13.6. The van der Waals surface area contributed by atoms with Crippen LogP contribution in [0.4, 0.5) is 0 Å². The molecule has 0 bridgehead atoms. The van der Waals surface area contributed by atoms with Crippen LogP contribution in [0, 0.1) is 6.92 Å². The molecule has 1 amide bonds. The first-order valence-corrected chi connectivity index (χ1v) is 12.4. The number of rotatable bonds is 5. The molecule has 1 atom stereocenters. The number of amides is 1. The Morgan fingerprint density at radius 2 is 2.00 bits per heavy atom. The maximum Gasteiger partial charge on any atom is 0.290 e. The van der Waals surface area contributed by atoms with Gasteiger partial charge in [-0.3, -0.25) is 4.79 Å². The second-order valence-corrected chi connectivity index (χ2v) is 10.6. The Kier molecular flexibility index (Phi) is 5.74. The predicted molar refractivity (Wildman–Crippen MR) is 113 cm³/mol. The molecule has 1 aromatic heterocycles. The summed E-state index contributed by atoms with van der Waals surface area (Å²) in [6, 6.07) is 12.9. The largest absolute Gasteiger partial charge is 0.486 e. The van der Waals surface area contributed by atoms with Crippen LogP contribution in [0.3, 0.4) is 0 Å². The fourth-order valence-electron chi connectivity index (χ4n) is 3.64. The van der Waals surface area contributed by atoms with Gasteiger partial charge in [0.2, 0.25) is 0 Å². The summed E-state index contributed by atoms with van der Waals surface area (Å²) >= 11 is 1.59. The summed E-state index contributed by atoms with van der Waals surface area (Å²) in [6.45, 7) is 2.50. The van der Waals surface area contributed by atoms with Gasteiger partial charge >= 0.3 is 0 Å². The van der Waals surface area contributed by atoms with Crippen molar-refractivity contribution in [2.45, 2.75) is 25.9 Å². The van der Waals surface area contributed by atoms with E-state index in [1.807, 2.05) is 49.4 Å². The number of benzene rings is 1. The van der Waals surface area contributed by atoms with Crippen LogP contribution in [0.1, 0.15) is 23.5 Å². The highest BCUT2D eigenvalue weighted by molar-refractivity contribution is 8.08. The standard InChI is InChI=1S/C21H23NO5S2/c1-15-7-8-18(27-15)13-22(17-9-12-29(24,25)14-17)21(23)19-20(28-11-10-26-19)16-5-3-2-4-6-16/h2-8,17H,9-14H2,1H3/t17-/m1/s1. The van der Waals surface area contributed by atoms with Gasteiger partial charge in [0.15, 0.2) is 15.6 Å². The highest BCUT2D eigenvalue weighted by Crippen LogP contribution is 2.36. The summed E-state index contributed by atoms with van der Waals surface area (Å²) in [6.07, 6.45) is 0.425. The quantitative estimate of drug-likeness (QED) is 0.721. The molecule has 2 aliphatic rings. The number of furan rings is 1. The van der Waals surface area contributed by atoms with Gasteiger partial charge in [0.25, 0.3) is 5.91 Å². The average molecular weight is 434 g/mol. The van der Waals surface area contributed by atoms with Crippen molar-refractivity contribution in [2.24, 2.45) is 0 Å². The summed E-state index contributed by atoms with van der Waals surface area (Å²) in [5, 5.41) is 0. The van der Waals surface area contributed by atoms with E-state index in [0.717, 1.165) is 22.0 Å². The number of thioether (sulfide) groups is 1. The van der Waals surface area contributed by atoms with Crippen molar-refractivity contribution in [2.75, 3.05) is 23.9 Å². The Morgan fingerprint density at radius 3 is 2.66 bits per heavy atom. The second-order valence-electron chi connectivity index (χ2n) is 7.22. The molecule has 0 spiro atoms. The predicted octanol–water partition coefficient (Wildman–Crippen LogP) is 3.24. The van der Waals surface area contributed by atoms with Gasteiger partial charge in [0.05, 0.1) is 29.6 Å². The molecule has 2 aliphatic heterocycles. The summed E-state index contributed by atoms with van der Waals surface area (Å²) in [5.41, 5.74) is 0.924. The lowest BCUT2D eigenvalue weighted by Gasteiger charge is -2.30. The molecule has 0 radical (unpaired) electrons. The fourth-order valence-corrected chi connectivity index (χ4v) is 6.32.